The first-order valence-electron chi connectivity index (χ1n) is 7.62. The van der Waals surface area contributed by atoms with Crippen LogP contribution in [0.2, 0.25) is 0 Å². The first kappa shape index (κ1) is 18.5. The van der Waals surface area contributed by atoms with Crippen molar-refractivity contribution in [2.75, 3.05) is 7.11 Å². The fourth-order valence-corrected chi connectivity index (χ4v) is 2.44. The summed E-state index contributed by atoms with van der Waals surface area (Å²) in [5.41, 5.74) is 0.244. The Labute approximate surface area is 150 Å². The number of ether oxygens (including phenoxy) is 3. The fraction of sp³-hybridized carbons (Fsp3) is 0.105. The van der Waals surface area contributed by atoms with Gasteiger partial charge < -0.3 is 14.2 Å². The third-order valence-corrected chi connectivity index (χ3v) is 3.70. The molecular formula is C19H12F4O4. The van der Waals surface area contributed by atoms with Gasteiger partial charge in [-0.2, -0.15) is 8.78 Å². The van der Waals surface area contributed by atoms with Crippen molar-refractivity contribution in [1.29, 1.82) is 0 Å². The minimum Gasteiger partial charge on any atom is -0.497 e. The topological polar surface area (TPSA) is 44.8 Å². The molecule has 4 nitrogen and oxygen atoms in total. The number of alkyl halides is 2. The molecule has 0 bridgehead atoms. The van der Waals surface area contributed by atoms with Crippen LogP contribution in [0.4, 0.5) is 17.6 Å². The summed E-state index contributed by atoms with van der Waals surface area (Å²) < 4.78 is 66.7. The molecule has 0 atom stereocenters. The first-order valence-corrected chi connectivity index (χ1v) is 7.62. The Balaban J connectivity index is 1.88. The Morgan fingerprint density at radius 2 is 1.63 bits per heavy atom. The zero-order chi connectivity index (χ0) is 19.6. The summed E-state index contributed by atoms with van der Waals surface area (Å²) in [4.78, 5) is 12.1. The van der Waals surface area contributed by atoms with E-state index in [1.54, 1.807) is 12.1 Å². The summed E-state index contributed by atoms with van der Waals surface area (Å²) in [6.07, 6.45) is 0. The summed E-state index contributed by atoms with van der Waals surface area (Å²) in [6, 6.07) is 10.6. The molecule has 0 aliphatic rings. The number of methoxy groups -OCH3 is 1. The van der Waals surface area contributed by atoms with Gasteiger partial charge in [-0.3, -0.25) is 0 Å². The molecule has 0 aliphatic heterocycles. The van der Waals surface area contributed by atoms with Crippen LogP contribution in [-0.4, -0.2) is 19.7 Å². The van der Waals surface area contributed by atoms with Crippen LogP contribution in [0.5, 0.6) is 17.2 Å². The number of hydrogen-bond donors (Lipinski definition) is 0. The molecule has 0 amide bonds. The van der Waals surface area contributed by atoms with Crippen molar-refractivity contribution in [2.45, 2.75) is 6.61 Å². The number of rotatable bonds is 5. The van der Waals surface area contributed by atoms with Crippen molar-refractivity contribution in [3.8, 4) is 17.2 Å². The van der Waals surface area contributed by atoms with E-state index in [4.69, 9.17) is 9.47 Å². The highest BCUT2D eigenvalue weighted by Gasteiger charge is 2.19. The summed E-state index contributed by atoms with van der Waals surface area (Å²) >= 11 is 0. The SMILES string of the molecule is COc1ccc(C(=O)Oc2ccc3c(F)c(OC(F)F)c(F)cc3c2)cc1. The maximum absolute atomic E-state index is 14.2. The van der Waals surface area contributed by atoms with E-state index in [2.05, 4.69) is 4.74 Å². The second kappa shape index (κ2) is 7.53. The lowest BCUT2D eigenvalue weighted by Crippen LogP contribution is -2.08. The highest BCUT2D eigenvalue weighted by atomic mass is 19.3. The average molecular weight is 380 g/mol. The third kappa shape index (κ3) is 3.94. The maximum Gasteiger partial charge on any atom is 0.387 e. The molecule has 0 fully saturated rings. The number of hydrogen-bond acceptors (Lipinski definition) is 4. The van der Waals surface area contributed by atoms with E-state index in [1.165, 1.54) is 37.4 Å². The predicted octanol–water partition coefficient (Wildman–Crippen LogP) is 4.95. The van der Waals surface area contributed by atoms with Gasteiger partial charge in [-0.1, -0.05) is 0 Å². The number of benzene rings is 3. The highest BCUT2D eigenvalue weighted by molar-refractivity contribution is 5.92. The molecule has 0 unspecified atom stereocenters. The summed E-state index contributed by atoms with van der Waals surface area (Å²) in [5, 5.41) is -0.136. The second-order valence-electron chi connectivity index (χ2n) is 5.38. The van der Waals surface area contributed by atoms with E-state index in [1.807, 2.05) is 0 Å². The molecule has 0 spiro atoms. The van der Waals surface area contributed by atoms with Crippen LogP contribution in [0.1, 0.15) is 10.4 Å². The van der Waals surface area contributed by atoms with Crippen LogP contribution in [-0.2, 0) is 0 Å². The molecule has 27 heavy (non-hydrogen) atoms. The van der Waals surface area contributed by atoms with Gasteiger partial charge in [0.15, 0.2) is 17.4 Å². The number of esters is 1. The van der Waals surface area contributed by atoms with Gasteiger partial charge in [0.25, 0.3) is 0 Å². The Hall–Kier alpha value is -3.29. The maximum atomic E-state index is 14.2. The standard InChI is InChI=1S/C19H12F4O4/c1-25-12-4-2-10(3-5-12)18(24)26-13-6-7-14-11(8-13)9-15(20)17(16(14)21)27-19(22)23/h2-9,19H,1H3. The number of carbonyl (C=O) groups is 1. The molecule has 8 heteroatoms. The third-order valence-electron chi connectivity index (χ3n) is 3.70. The van der Waals surface area contributed by atoms with Gasteiger partial charge in [0.2, 0.25) is 0 Å². The smallest absolute Gasteiger partial charge is 0.387 e. The first-order chi connectivity index (χ1) is 12.9. The van der Waals surface area contributed by atoms with Gasteiger partial charge in [0.05, 0.1) is 12.7 Å². The molecule has 140 valence electrons. The molecule has 0 heterocycles. The minimum absolute atomic E-state index is 0.0200. The number of fused-ring (bicyclic) bond motifs is 1. The predicted molar refractivity (Wildman–Crippen MR) is 88.4 cm³/mol. The molecule has 3 rings (SSSR count). The van der Waals surface area contributed by atoms with E-state index in [9.17, 15) is 22.4 Å². The van der Waals surface area contributed by atoms with Gasteiger partial charge in [-0.15, -0.1) is 0 Å². The van der Waals surface area contributed by atoms with Crippen molar-refractivity contribution < 1.29 is 36.6 Å². The van der Waals surface area contributed by atoms with Gasteiger partial charge in [-0.05, 0) is 53.9 Å². The largest absolute Gasteiger partial charge is 0.497 e. The van der Waals surface area contributed by atoms with E-state index >= 15 is 0 Å². The van der Waals surface area contributed by atoms with Crippen molar-refractivity contribution in [1.82, 2.24) is 0 Å². The zero-order valence-corrected chi connectivity index (χ0v) is 13.8. The van der Waals surface area contributed by atoms with Crippen molar-refractivity contribution in [2.24, 2.45) is 0 Å². The zero-order valence-electron chi connectivity index (χ0n) is 13.8. The van der Waals surface area contributed by atoms with Crippen molar-refractivity contribution in [3.63, 3.8) is 0 Å². The molecular weight excluding hydrogens is 368 g/mol. The van der Waals surface area contributed by atoms with Gasteiger partial charge in [0.1, 0.15) is 11.5 Å². The lowest BCUT2D eigenvalue weighted by Gasteiger charge is -2.11. The molecule has 0 aliphatic carbocycles. The molecule has 0 aromatic heterocycles. The molecule has 3 aromatic carbocycles. The van der Waals surface area contributed by atoms with Crippen LogP contribution < -0.4 is 14.2 Å². The molecule has 0 saturated carbocycles. The summed E-state index contributed by atoms with van der Waals surface area (Å²) in [5.74, 6) is -3.82. The van der Waals surface area contributed by atoms with Crippen molar-refractivity contribution >= 4 is 16.7 Å². The van der Waals surface area contributed by atoms with E-state index in [0.717, 1.165) is 6.07 Å². The van der Waals surface area contributed by atoms with Gasteiger partial charge >= 0.3 is 12.6 Å². The van der Waals surface area contributed by atoms with Gasteiger partial charge in [-0.25, -0.2) is 13.6 Å². The lowest BCUT2D eigenvalue weighted by molar-refractivity contribution is -0.0544. The molecule has 0 saturated heterocycles. The van der Waals surface area contributed by atoms with E-state index < -0.39 is 30.0 Å². The van der Waals surface area contributed by atoms with E-state index in [0.29, 0.717) is 5.75 Å². The Morgan fingerprint density at radius 3 is 2.26 bits per heavy atom. The normalized spacial score (nSPS) is 10.9. The lowest BCUT2D eigenvalue weighted by atomic mass is 10.1. The van der Waals surface area contributed by atoms with Crippen LogP contribution in [0.3, 0.4) is 0 Å². The van der Waals surface area contributed by atoms with Crippen molar-refractivity contribution in [3.05, 3.63) is 65.7 Å². The summed E-state index contributed by atoms with van der Waals surface area (Å²) in [6.45, 7) is -3.36. The Morgan fingerprint density at radius 1 is 0.963 bits per heavy atom. The quantitative estimate of drug-likeness (QED) is 0.357. The average Bonchev–Trinajstić information content (AvgIpc) is 2.64. The van der Waals surface area contributed by atoms with Crippen LogP contribution in [0, 0.1) is 11.6 Å². The fourth-order valence-electron chi connectivity index (χ4n) is 2.44. The van der Waals surface area contributed by atoms with Crippen LogP contribution in [0.15, 0.2) is 48.5 Å². The minimum atomic E-state index is -3.36. The van der Waals surface area contributed by atoms with Crippen LogP contribution >= 0.6 is 0 Å². The Bertz CT molecular complexity index is 987. The van der Waals surface area contributed by atoms with Gasteiger partial charge in [0, 0.05) is 5.39 Å². The molecule has 3 aromatic rings. The Kier molecular flexibility index (Phi) is 5.16. The van der Waals surface area contributed by atoms with E-state index in [-0.39, 0.29) is 22.1 Å². The monoisotopic (exact) mass is 380 g/mol. The van der Waals surface area contributed by atoms with Crippen LogP contribution in [0.25, 0.3) is 10.8 Å². The summed E-state index contributed by atoms with van der Waals surface area (Å²) in [7, 11) is 1.48. The number of carbonyl (C=O) groups excluding carboxylic acids is 1. The second-order valence-corrected chi connectivity index (χ2v) is 5.38. The number of halogens is 4. The molecule has 0 radical (unpaired) electrons. The molecule has 0 N–H and O–H groups in total. The highest BCUT2D eigenvalue weighted by Crippen LogP contribution is 2.33.